The smallest absolute Gasteiger partial charge is 0.197 e. The topological polar surface area (TPSA) is 64.7 Å². The fourth-order valence-corrected chi connectivity index (χ4v) is 0.975. The number of nitrogens with zero attached hydrogens (tertiary/aromatic N) is 3. The Labute approximate surface area is 67.3 Å². The molecule has 0 atom stereocenters. The van der Waals surface area contributed by atoms with Gasteiger partial charge in [-0.1, -0.05) is 12.2 Å². The Hall–Kier alpha value is -0.750. The van der Waals surface area contributed by atoms with E-state index in [4.69, 9.17) is 5.73 Å². The van der Waals surface area contributed by atoms with Crippen LogP contribution < -0.4 is 5.73 Å². The summed E-state index contributed by atoms with van der Waals surface area (Å²) < 4.78 is 0.311. The van der Waals surface area contributed by atoms with Gasteiger partial charge in [0.15, 0.2) is 5.16 Å². The van der Waals surface area contributed by atoms with Gasteiger partial charge in [-0.2, -0.15) is 0 Å². The molecule has 6 heteroatoms. The Morgan fingerprint density at radius 2 is 2.10 bits per heavy atom. The van der Waals surface area contributed by atoms with E-state index in [-0.39, 0.29) is 0 Å². The molecule has 0 aliphatic rings. The standard InChI is InChI=1S/C4H4N4S2/c5-3(9)10-4-7-1-6-2-8-4/h1-2H,(H2,5,9). The first-order valence-corrected chi connectivity index (χ1v) is 3.61. The predicted molar refractivity (Wildman–Crippen MR) is 42.5 cm³/mol. The summed E-state index contributed by atoms with van der Waals surface area (Å²) in [4.78, 5) is 11.2. The monoisotopic (exact) mass is 172 g/mol. The van der Waals surface area contributed by atoms with Crippen molar-refractivity contribution in [1.29, 1.82) is 0 Å². The van der Waals surface area contributed by atoms with Crippen LogP contribution in [0, 0.1) is 0 Å². The summed E-state index contributed by atoms with van der Waals surface area (Å²) in [5, 5.41) is 0.530. The summed E-state index contributed by atoms with van der Waals surface area (Å²) in [7, 11) is 0. The molecule has 4 nitrogen and oxygen atoms in total. The molecule has 0 aromatic carbocycles. The van der Waals surface area contributed by atoms with Gasteiger partial charge >= 0.3 is 0 Å². The number of hydrogen-bond acceptors (Lipinski definition) is 5. The molecule has 0 amide bonds. The van der Waals surface area contributed by atoms with Gasteiger partial charge in [-0.3, -0.25) is 0 Å². The van der Waals surface area contributed by atoms with Gasteiger partial charge in [0.2, 0.25) is 0 Å². The summed E-state index contributed by atoms with van der Waals surface area (Å²) in [6.07, 6.45) is 2.79. The zero-order chi connectivity index (χ0) is 7.40. The van der Waals surface area contributed by atoms with E-state index >= 15 is 0 Å². The maximum atomic E-state index is 5.22. The first-order chi connectivity index (χ1) is 4.79. The Morgan fingerprint density at radius 1 is 1.50 bits per heavy atom. The summed E-state index contributed by atoms with van der Waals surface area (Å²) >= 11 is 5.76. The average molecular weight is 172 g/mol. The van der Waals surface area contributed by atoms with Crippen LogP contribution >= 0.6 is 24.0 Å². The van der Waals surface area contributed by atoms with Crippen molar-refractivity contribution in [2.75, 3.05) is 0 Å². The van der Waals surface area contributed by atoms with Crippen molar-refractivity contribution in [1.82, 2.24) is 15.0 Å². The fourth-order valence-electron chi connectivity index (χ4n) is 0.371. The lowest BCUT2D eigenvalue weighted by molar-refractivity contribution is 0.906. The van der Waals surface area contributed by atoms with Crippen LogP contribution in [0.25, 0.3) is 0 Å². The van der Waals surface area contributed by atoms with Crippen LogP contribution in [0.4, 0.5) is 0 Å². The molecule has 1 aromatic rings. The van der Waals surface area contributed by atoms with E-state index in [2.05, 4.69) is 27.2 Å². The fraction of sp³-hybridized carbons (Fsp3) is 0. The zero-order valence-electron chi connectivity index (χ0n) is 4.89. The Kier molecular flexibility index (Phi) is 2.52. The molecular formula is C4H4N4S2. The van der Waals surface area contributed by atoms with Crippen LogP contribution in [0.2, 0.25) is 0 Å². The van der Waals surface area contributed by atoms with E-state index in [9.17, 15) is 0 Å². The second-order valence-corrected chi connectivity index (χ2v) is 3.05. The van der Waals surface area contributed by atoms with Crippen molar-refractivity contribution in [3.63, 3.8) is 0 Å². The first kappa shape index (κ1) is 7.36. The van der Waals surface area contributed by atoms with Crippen molar-refractivity contribution in [2.45, 2.75) is 5.16 Å². The average Bonchev–Trinajstić information content (AvgIpc) is 1.88. The molecule has 52 valence electrons. The quantitative estimate of drug-likeness (QED) is 0.482. The van der Waals surface area contributed by atoms with Crippen LogP contribution in [0.3, 0.4) is 0 Å². The van der Waals surface area contributed by atoms with Gasteiger partial charge in [-0.05, 0) is 11.8 Å². The second kappa shape index (κ2) is 3.43. The van der Waals surface area contributed by atoms with E-state index in [1.54, 1.807) is 0 Å². The van der Waals surface area contributed by atoms with Gasteiger partial charge in [0.25, 0.3) is 0 Å². The molecular weight excluding hydrogens is 168 g/mol. The molecule has 0 radical (unpaired) electrons. The number of aromatic nitrogens is 3. The molecule has 0 aliphatic carbocycles. The Morgan fingerprint density at radius 3 is 2.60 bits per heavy atom. The highest BCUT2D eigenvalue weighted by atomic mass is 32.2. The van der Waals surface area contributed by atoms with Gasteiger partial charge < -0.3 is 5.73 Å². The van der Waals surface area contributed by atoms with E-state index in [1.807, 2.05) is 0 Å². The molecule has 0 saturated carbocycles. The summed E-state index contributed by atoms with van der Waals surface area (Å²) in [6.45, 7) is 0. The lowest BCUT2D eigenvalue weighted by Crippen LogP contribution is -2.02. The maximum Gasteiger partial charge on any atom is 0.197 e. The normalized spacial score (nSPS) is 9.20. The minimum Gasteiger partial charge on any atom is -0.384 e. The number of thioether (sulfide) groups is 1. The van der Waals surface area contributed by atoms with Crippen molar-refractivity contribution >= 4 is 28.3 Å². The largest absolute Gasteiger partial charge is 0.384 e. The van der Waals surface area contributed by atoms with E-state index in [0.29, 0.717) is 9.48 Å². The van der Waals surface area contributed by atoms with E-state index in [0.717, 1.165) is 11.8 Å². The number of nitrogens with two attached hydrogens (primary N) is 1. The van der Waals surface area contributed by atoms with Gasteiger partial charge in [0.05, 0.1) is 0 Å². The SMILES string of the molecule is NC(=S)Sc1ncncn1. The van der Waals surface area contributed by atoms with E-state index in [1.165, 1.54) is 12.7 Å². The predicted octanol–water partition coefficient (Wildman–Crippen LogP) is 0.207. The summed E-state index contributed by atoms with van der Waals surface area (Å²) in [5.74, 6) is 0. The number of thiocarbonyl (C=S) groups is 1. The highest BCUT2D eigenvalue weighted by molar-refractivity contribution is 8.22. The van der Waals surface area contributed by atoms with Crippen molar-refractivity contribution in [3.8, 4) is 0 Å². The summed E-state index contributed by atoms with van der Waals surface area (Å²) in [5.41, 5.74) is 5.22. The lowest BCUT2D eigenvalue weighted by atomic mass is 11.1. The Bertz CT molecular complexity index is 224. The minimum atomic E-state index is 0.311. The van der Waals surface area contributed by atoms with Gasteiger partial charge in [-0.15, -0.1) is 0 Å². The van der Waals surface area contributed by atoms with E-state index < -0.39 is 0 Å². The third-order valence-corrected chi connectivity index (χ3v) is 1.51. The van der Waals surface area contributed by atoms with Crippen LogP contribution in [0.1, 0.15) is 0 Å². The van der Waals surface area contributed by atoms with Crippen molar-refractivity contribution in [3.05, 3.63) is 12.7 Å². The van der Waals surface area contributed by atoms with Crippen LogP contribution in [0.15, 0.2) is 17.8 Å². The second-order valence-electron chi connectivity index (χ2n) is 1.34. The van der Waals surface area contributed by atoms with Gasteiger partial charge in [0.1, 0.15) is 17.0 Å². The number of rotatable bonds is 1. The minimum absolute atomic E-state index is 0.311. The molecule has 0 unspecified atom stereocenters. The molecule has 0 fully saturated rings. The van der Waals surface area contributed by atoms with Crippen LogP contribution in [-0.2, 0) is 0 Å². The Balaban J connectivity index is 2.67. The first-order valence-electron chi connectivity index (χ1n) is 2.38. The highest BCUT2D eigenvalue weighted by Gasteiger charge is 1.95. The molecule has 1 heterocycles. The zero-order valence-corrected chi connectivity index (χ0v) is 6.52. The van der Waals surface area contributed by atoms with Crippen LogP contribution in [0.5, 0.6) is 0 Å². The summed E-state index contributed by atoms with van der Waals surface area (Å²) in [6, 6.07) is 0. The molecule has 10 heavy (non-hydrogen) atoms. The highest BCUT2D eigenvalue weighted by Crippen LogP contribution is 2.08. The molecule has 0 bridgehead atoms. The molecule has 0 spiro atoms. The number of hydrogen-bond donors (Lipinski definition) is 1. The van der Waals surface area contributed by atoms with Crippen molar-refractivity contribution in [2.24, 2.45) is 5.73 Å². The van der Waals surface area contributed by atoms with Gasteiger partial charge in [0, 0.05) is 0 Å². The lowest BCUT2D eigenvalue weighted by Gasteiger charge is -1.92. The molecule has 2 N–H and O–H groups in total. The third-order valence-electron chi connectivity index (χ3n) is 0.662. The molecule has 0 aliphatic heterocycles. The van der Waals surface area contributed by atoms with Crippen molar-refractivity contribution < 1.29 is 0 Å². The molecule has 0 saturated heterocycles. The third kappa shape index (κ3) is 2.24. The molecule has 1 aromatic heterocycles. The molecule has 1 rings (SSSR count). The maximum absolute atomic E-state index is 5.22. The van der Waals surface area contributed by atoms with Gasteiger partial charge in [-0.25, -0.2) is 15.0 Å². The van der Waals surface area contributed by atoms with Crippen LogP contribution in [-0.4, -0.2) is 19.3 Å².